The Kier molecular flexibility index (Phi) is 5.99. The fourth-order valence-corrected chi connectivity index (χ4v) is 5.81. The van der Waals surface area contributed by atoms with Crippen LogP contribution in [0.25, 0.3) is 16.6 Å². The van der Waals surface area contributed by atoms with E-state index >= 15 is 0 Å². The van der Waals surface area contributed by atoms with Gasteiger partial charge in [0, 0.05) is 36.1 Å². The normalized spacial score (nSPS) is 12.8. The molecule has 8 heteroatoms. The number of hydrogen-bond acceptors (Lipinski definition) is 5. The predicted octanol–water partition coefficient (Wildman–Crippen LogP) is 4.12. The third kappa shape index (κ3) is 4.37. The third-order valence-corrected chi connectivity index (χ3v) is 7.24. The lowest BCUT2D eigenvalue weighted by Gasteiger charge is -2.18. The first-order chi connectivity index (χ1) is 15.3. The molecule has 4 rings (SSSR count). The summed E-state index contributed by atoms with van der Waals surface area (Å²) in [7, 11) is -3.63. The molecule has 7 nitrogen and oxygen atoms in total. The molecule has 0 saturated heterocycles. The number of sulfonamides is 1. The average Bonchev–Trinajstić information content (AvgIpc) is 3.16. The summed E-state index contributed by atoms with van der Waals surface area (Å²) in [5.41, 5.74) is 5.34. The maximum absolute atomic E-state index is 13.0. The van der Waals surface area contributed by atoms with Gasteiger partial charge >= 0.3 is 0 Å². The fourth-order valence-electron chi connectivity index (χ4n) is 4.12. The van der Waals surface area contributed by atoms with Crippen LogP contribution in [-0.4, -0.2) is 35.8 Å². The zero-order chi connectivity index (χ0) is 22.9. The summed E-state index contributed by atoms with van der Waals surface area (Å²) in [6.07, 6.45) is 5.28. The number of aryl methyl sites for hydroxylation is 3. The van der Waals surface area contributed by atoms with E-state index in [-0.39, 0.29) is 6.04 Å². The van der Waals surface area contributed by atoms with Crippen molar-refractivity contribution in [2.45, 2.75) is 38.6 Å². The maximum Gasteiger partial charge on any atom is 0.241 e. The molecular weight excluding hydrogens is 422 g/mol. The monoisotopic (exact) mass is 449 g/mol. The number of anilines is 1. The van der Waals surface area contributed by atoms with Crippen LogP contribution in [0, 0.1) is 20.8 Å². The Bertz CT molecular complexity index is 1340. The van der Waals surface area contributed by atoms with Gasteiger partial charge in [-0.15, -0.1) is 0 Å². The van der Waals surface area contributed by atoms with E-state index in [1.807, 2.05) is 81.0 Å². The number of benzene rings is 2. The molecule has 0 bridgehead atoms. The smallest absolute Gasteiger partial charge is 0.241 e. The fraction of sp³-hybridized carbons (Fsp3) is 0.250. The van der Waals surface area contributed by atoms with Crippen LogP contribution in [0.15, 0.2) is 66.0 Å². The zero-order valence-electron chi connectivity index (χ0n) is 18.6. The van der Waals surface area contributed by atoms with Crippen LogP contribution in [0.5, 0.6) is 0 Å². The first-order valence-corrected chi connectivity index (χ1v) is 12.0. The number of pyridine rings is 1. The van der Waals surface area contributed by atoms with Crippen molar-refractivity contribution in [2.24, 2.45) is 0 Å². The lowest BCUT2D eigenvalue weighted by Crippen LogP contribution is -2.38. The number of rotatable bonds is 7. The van der Waals surface area contributed by atoms with Crippen molar-refractivity contribution in [2.75, 3.05) is 11.9 Å². The maximum atomic E-state index is 13.0. The van der Waals surface area contributed by atoms with E-state index in [1.165, 1.54) is 0 Å². The van der Waals surface area contributed by atoms with Crippen LogP contribution in [0.4, 0.5) is 5.69 Å². The number of nitrogens with zero attached hydrogens (tertiary/aromatic N) is 3. The van der Waals surface area contributed by atoms with Gasteiger partial charge in [0.05, 0.1) is 22.3 Å². The van der Waals surface area contributed by atoms with Crippen molar-refractivity contribution < 1.29 is 8.42 Å². The Morgan fingerprint density at radius 2 is 1.72 bits per heavy atom. The molecule has 2 aromatic carbocycles. The number of fused-ring (bicyclic) bond motifs is 1. The van der Waals surface area contributed by atoms with Crippen molar-refractivity contribution in [3.8, 4) is 5.69 Å². The second kappa shape index (κ2) is 8.72. The summed E-state index contributed by atoms with van der Waals surface area (Å²) < 4.78 is 30.7. The van der Waals surface area contributed by atoms with Gasteiger partial charge in [0.2, 0.25) is 10.0 Å². The first kappa shape index (κ1) is 22.0. The van der Waals surface area contributed by atoms with Gasteiger partial charge in [-0.3, -0.25) is 4.98 Å². The summed E-state index contributed by atoms with van der Waals surface area (Å²) in [5.74, 6) is 0. The summed E-state index contributed by atoms with van der Waals surface area (Å²) >= 11 is 0. The Morgan fingerprint density at radius 3 is 2.41 bits per heavy atom. The molecule has 2 N–H and O–H groups in total. The lowest BCUT2D eigenvalue weighted by atomic mass is 10.1. The second-order valence-electron chi connectivity index (χ2n) is 8.13. The molecule has 0 aliphatic carbocycles. The van der Waals surface area contributed by atoms with Gasteiger partial charge in [-0.05, 0) is 63.1 Å². The Hall–Kier alpha value is -3.23. The molecule has 166 valence electrons. The molecule has 0 aliphatic heterocycles. The van der Waals surface area contributed by atoms with Crippen LogP contribution < -0.4 is 10.0 Å². The van der Waals surface area contributed by atoms with E-state index in [0.717, 1.165) is 39.0 Å². The van der Waals surface area contributed by atoms with Crippen LogP contribution in [0.1, 0.15) is 23.6 Å². The van der Waals surface area contributed by atoms with Crippen molar-refractivity contribution in [1.29, 1.82) is 0 Å². The molecule has 0 radical (unpaired) electrons. The molecule has 0 saturated carbocycles. The van der Waals surface area contributed by atoms with Gasteiger partial charge in [0.1, 0.15) is 0 Å². The van der Waals surface area contributed by atoms with Gasteiger partial charge in [0.15, 0.2) is 0 Å². The van der Waals surface area contributed by atoms with Crippen molar-refractivity contribution in [3.05, 3.63) is 77.7 Å². The van der Waals surface area contributed by atoms with Crippen molar-refractivity contribution >= 4 is 26.6 Å². The predicted molar refractivity (Wildman–Crippen MR) is 128 cm³/mol. The molecule has 0 aliphatic rings. The molecule has 2 heterocycles. The van der Waals surface area contributed by atoms with Crippen molar-refractivity contribution in [1.82, 2.24) is 19.5 Å². The summed E-state index contributed by atoms with van der Waals surface area (Å²) in [6, 6.07) is 13.2. The SMILES string of the molecule is Cc1cc(C)c(S(=O)(=O)N[C@@H](C)CNc2cccc3c2cnn3-c2ccncc2)c(C)c1. The first-order valence-electron chi connectivity index (χ1n) is 10.5. The van der Waals surface area contributed by atoms with Crippen LogP contribution in [0.2, 0.25) is 0 Å². The molecule has 0 unspecified atom stereocenters. The van der Waals surface area contributed by atoms with E-state index in [4.69, 9.17) is 0 Å². The summed E-state index contributed by atoms with van der Waals surface area (Å²) in [5, 5.41) is 8.85. The number of hydrogen-bond donors (Lipinski definition) is 2. The van der Waals surface area contributed by atoms with E-state index in [0.29, 0.717) is 11.4 Å². The highest BCUT2D eigenvalue weighted by Gasteiger charge is 2.22. The second-order valence-corrected chi connectivity index (χ2v) is 9.78. The number of aromatic nitrogens is 3. The topological polar surface area (TPSA) is 88.9 Å². The molecule has 32 heavy (non-hydrogen) atoms. The molecular formula is C24H27N5O2S. The molecule has 2 aromatic heterocycles. The molecule has 0 amide bonds. The van der Waals surface area contributed by atoms with E-state index in [1.54, 1.807) is 12.4 Å². The zero-order valence-corrected chi connectivity index (χ0v) is 19.4. The molecule has 0 fully saturated rings. The van der Waals surface area contributed by atoms with Crippen LogP contribution in [0.3, 0.4) is 0 Å². The van der Waals surface area contributed by atoms with Crippen LogP contribution in [-0.2, 0) is 10.0 Å². The Morgan fingerprint density at radius 1 is 1.03 bits per heavy atom. The minimum Gasteiger partial charge on any atom is -0.383 e. The molecule has 0 spiro atoms. The third-order valence-electron chi connectivity index (χ3n) is 5.35. The van der Waals surface area contributed by atoms with Crippen LogP contribution >= 0.6 is 0 Å². The van der Waals surface area contributed by atoms with Gasteiger partial charge in [-0.1, -0.05) is 23.8 Å². The lowest BCUT2D eigenvalue weighted by molar-refractivity contribution is 0.564. The highest BCUT2D eigenvalue weighted by Crippen LogP contribution is 2.26. The van der Waals surface area contributed by atoms with Gasteiger partial charge in [-0.25, -0.2) is 17.8 Å². The van der Waals surface area contributed by atoms with Gasteiger partial charge in [0.25, 0.3) is 0 Å². The standard InChI is InChI=1S/C24H27N5O2S/c1-16-12-17(2)24(18(3)13-16)32(30,31)28-19(4)14-26-22-6-5-7-23-21(22)15-27-29(23)20-8-10-25-11-9-20/h5-13,15,19,26,28H,14H2,1-4H3/t19-/m0/s1. The molecule has 1 atom stereocenters. The highest BCUT2D eigenvalue weighted by atomic mass is 32.2. The quantitative estimate of drug-likeness (QED) is 0.443. The average molecular weight is 450 g/mol. The van der Waals surface area contributed by atoms with E-state index in [9.17, 15) is 8.42 Å². The minimum atomic E-state index is -3.63. The largest absolute Gasteiger partial charge is 0.383 e. The van der Waals surface area contributed by atoms with Crippen molar-refractivity contribution in [3.63, 3.8) is 0 Å². The number of nitrogens with one attached hydrogen (secondary N) is 2. The Balaban J connectivity index is 1.51. The Labute approximate surface area is 188 Å². The van der Waals surface area contributed by atoms with E-state index < -0.39 is 10.0 Å². The van der Waals surface area contributed by atoms with Gasteiger partial charge < -0.3 is 5.32 Å². The summed E-state index contributed by atoms with van der Waals surface area (Å²) in [4.78, 5) is 4.42. The minimum absolute atomic E-state index is 0.314. The van der Waals surface area contributed by atoms with E-state index in [2.05, 4.69) is 20.1 Å². The highest BCUT2D eigenvalue weighted by molar-refractivity contribution is 7.89. The molecule has 4 aromatic rings. The van der Waals surface area contributed by atoms with Gasteiger partial charge in [-0.2, -0.15) is 5.10 Å². The summed E-state index contributed by atoms with van der Waals surface area (Å²) in [6.45, 7) is 7.91.